The Bertz CT molecular complexity index is 604. The first-order valence-corrected chi connectivity index (χ1v) is 6.36. The molecular weight excluding hydrogens is 259 g/mol. The molecule has 1 aromatic heterocycles. The highest BCUT2D eigenvalue weighted by Gasteiger charge is 2.10. The number of anilines is 1. The SMILES string of the molecule is CCCc1cc(NN)nc(-c2ccc(OC)c(F)c2)n1. The molecule has 0 unspecified atom stereocenters. The van der Waals surface area contributed by atoms with E-state index in [4.69, 9.17) is 10.6 Å². The van der Waals surface area contributed by atoms with Crippen molar-refractivity contribution in [1.82, 2.24) is 9.97 Å². The molecule has 0 fully saturated rings. The molecule has 3 N–H and O–H groups in total. The highest BCUT2D eigenvalue weighted by atomic mass is 19.1. The molecule has 0 bridgehead atoms. The molecule has 20 heavy (non-hydrogen) atoms. The van der Waals surface area contributed by atoms with Gasteiger partial charge in [-0.15, -0.1) is 0 Å². The van der Waals surface area contributed by atoms with Crippen molar-refractivity contribution in [2.75, 3.05) is 12.5 Å². The number of methoxy groups -OCH3 is 1. The van der Waals surface area contributed by atoms with E-state index in [2.05, 4.69) is 22.3 Å². The number of nitrogens with one attached hydrogen (secondary N) is 1. The molecule has 0 aliphatic heterocycles. The minimum Gasteiger partial charge on any atom is -0.494 e. The highest BCUT2D eigenvalue weighted by Crippen LogP contribution is 2.24. The summed E-state index contributed by atoms with van der Waals surface area (Å²) in [5, 5.41) is 0. The van der Waals surface area contributed by atoms with Crippen LogP contribution in [0, 0.1) is 5.82 Å². The van der Waals surface area contributed by atoms with Crippen molar-refractivity contribution in [3.05, 3.63) is 35.8 Å². The third-order valence-electron chi connectivity index (χ3n) is 2.84. The lowest BCUT2D eigenvalue weighted by Crippen LogP contribution is -2.10. The smallest absolute Gasteiger partial charge is 0.165 e. The molecule has 0 radical (unpaired) electrons. The number of rotatable bonds is 5. The fraction of sp³-hybridized carbons (Fsp3) is 0.286. The maximum Gasteiger partial charge on any atom is 0.165 e. The number of hydrazine groups is 1. The van der Waals surface area contributed by atoms with E-state index in [1.807, 2.05) is 0 Å². The highest BCUT2D eigenvalue weighted by molar-refractivity contribution is 5.59. The number of benzene rings is 1. The van der Waals surface area contributed by atoms with Crippen LogP contribution in [0.5, 0.6) is 5.75 Å². The summed E-state index contributed by atoms with van der Waals surface area (Å²) in [6.07, 6.45) is 1.76. The molecule has 2 aromatic rings. The third-order valence-corrected chi connectivity index (χ3v) is 2.84. The fourth-order valence-electron chi connectivity index (χ4n) is 1.89. The average molecular weight is 276 g/mol. The average Bonchev–Trinajstić information content (AvgIpc) is 2.47. The van der Waals surface area contributed by atoms with Gasteiger partial charge in [-0.3, -0.25) is 0 Å². The van der Waals surface area contributed by atoms with Crippen LogP contribution in [0.15, 0.2) is 24.3 Å². The van der Waals surface area contributed by atoms with Gasteiger partial charge in [-0.25, -0.2) is 20.2 Å². The molecule has 0 aliphatic rings. The van der Waals surface area contributed by atoms with Gasteiger partial charge in [0.05, 0.1) is 7.11 Å². The molecule has 0 saturated heterocycles. The van der Waals surface area contributed by atoms with Gasteiger partial charge in [-0.05, 0) is 24.6 Å². The Labute approximate surface area is 117 Å². The van der Waals surface area contributed by atoms with Gasteiger partial charge in [0.1, 0.15) is 5.82 Å². The van der Waals surface area contributed by atoms with Gasteiger partial charge in [0, 0.05) is 17.3 Å². The van der Waals surface area contributed by atoms with Crippen molar-refractivity contribution < 1.29 is 9.13 Å². The van der Waals surface area contributed by atoms with Crippen LogP contribution in [0.2, 0.25) is 0 Å². The van der Waals surface area contributed by atoms with E-state index < -0.39 is 5.82 Å². The van der Waals surface area contributed by atoms with E-state index in [1.165, 1.54) is 13.2 Å². The topological polar surface area (TPSA) is 73.1 Å². The predicted molar refractivity (Wildman–Crippen MR) is 75.8 cm³/mol. The number of nitrogen functional groups attached to an aromatic ring is 1. The second-order valence-corrected chi connectivity index (χ2v) is 4.31. The van der Waals surface area contributed by atoms with Gasteiger partial charge >= 0.3 is 0 Å². The molecule has 0 atom stereocenters. The lowest BCUT2D eigenvalue weighted by molar-refractivity contribution is 0.386. The summed E-state index contributed by atoms with van der Waals surface area (Å²) in [5.74, 6) is 6.09. The summed E-state index contributed by atoms with van der Waals surface area (Å²) in [6, 6.07) is 6.40. The van der Waals surface area contributed by atoms with Gasteiger partial charge in [0.15, 0.2) is 17.4 Å². The van der Waals surface area contributed by atoms with E-state index in [0.717, 1.165) is 18.5 Å². The molecule has 0 saturated carbocycles. The number of nitrogens with two attached hydrogens (primary N) is 1. The Morgan fingerprint density at radius 1 is 1.30 bits per heavy atom. The Kier molecular flexibility index (Phi) is 4.47. The molecule has 0 spiro atoms. The molecule has 2 rings (SSSR count). The number of aryl methyl sites for hydroxylation is 1. The summed E-state index contributed by atoms with van der Waals surface area (Å²) in [4.78, 5) is 8.67. The van der Waals surface area contributed by atoms with Crippen LogP contribution in [0.4, 0.5) is 10.2 Å². The van der Waals surface area contributed by atoms with Crippen molar-refractivity contribution in [3.63, 3.8) is 0 Å². The summed E-state index contributed by atoms with van der Waals surface area (Å²) in [7, 11) is 1.42. The van der Waals surface area contributed by atoms with Crippen LogP contribution in [0.3, 0.4) is 0 Å². The zero-order valence-corrected chi connectivity index (χ0v) is 11.5. The van der Waals surface area contributed by atoms with E-state index >= 15 is 0 Å². The molecule has 106 valence electrons. The van der Waals surface area contributed by atoms with E-state index in [-0.39, 0.29) is 5.75 Å². The van der Waals surface area contributed by atoms with Crippen LogP contribution >= 0.6 is 0 Å². The van der Waals surface area contributed by atoms with Crippen LogP contribution in [0.25, 0.3) is 11.4 Å². The van der Waals surface area contributed by atoms with Gasteiger partial charge in [0.2, 0.25) is 0 Å². The van der Waals surface area contributed by atoms with E-state index in [1.54, 1.807) is 18.2 Å². The summed E-state index contributed by atoms with van der Waals surface area (Å²) in [5.41, 5.74) is 3.95. The molecule has 0 amide bonds. The quantitative estimate of drug-likeness (QED) is 0.648. The maximum atomic E-state index is 13.7. The Balaban J connectivity index is 2.45. The molecule has 6 heteroatoms. The summed E-state index contributed by atoms with van der Waals surface area (Å²) in [6.45, 7) is 2.06. The Morgan fingerprint density at radius 3 is 2.70 bits per heavy atom. The number of ether oxygens (including phenoxy) is 1. The lowest BCUT2D eigenvalue weighted by Gasteiger charge is -2.08. The number of hydrogen-bond acceptors (Lipinski definition) is 5. The van der Waals surface area contributed by atoms with Crippen molar-refractivity contribution in [1.29, 1.82) is 0 Å². The largest absolute Gasteiger partial charge is 0.494 e. The van der Waals surface area contributed by atoms with Crippen molar-refractivity contribution >= 4 is 5.82 Å². The monoisotopic (exact) mass is 276 g/mol. The fourth-order valence-corrected chi connectivity index (χ4v) is 1.89. The van der Waals surface area contributed by atoms with Crippen molar-refractivity contribution in [3.8, 4) is 17.1 Å². The van der Waals surface area contributed by atoms with Crippen LogP contribution in [-0.2, 0) is 6.42 Å². The zero-order valence-electron chi connectivity index (χ0n) is 11.5. The zero-order chi connectivity index (χ0) is 14.5. The number of halogens is 1. The normalized spacial score (nSPS) is 10.4. The van der Waals surface area contributed by atoms with Crippen molar-refractivity contribution in [2.24, 2.45) is 5.84 Å². The first-order valence-electron chi connectivity index (χ1n) is 6.36. The van der Waals surface area contributed by atoms with Gasteiger partial charge < -0.3 is 10.2 Å². The maximum absolute atomic E-state index is 13.7. The minimum atomic E-state index is -0.447. The molecule has 5 nitrogen and oxygen atoms in total. The molecule has 1 aromatic carbocycles. The van der Waals surface area contributed by atoms with E-state index in [9.17, 15) is 4.39 Å². The number of hydrogen-bond donors (Lipinski definition) is 2. The van der Waals surface area contributed by atoms with Crippen LogP contribution in [0.1, 0.15) is 19.0 Å². The number of nitrogens with zero attached hydrogens (tertiary/aromatic N) is 2. The third kappa shape index (κ3) is 3.03. The summed E-state index contributed by atoms with van der Waals surface area (Å²) < 4.78 is 18.6. The lowest BCUT2D eigenvalue weighted by atomic mass is 10.1. The molecular formula is C14H17FN4O. The van der Waals surface area contributed by atoms with Gasteiger partial charge in [-0.1, -0.05) is 13.3 Å². The Morgan fingerprint density at radius 2 is 2.10 bits per heavy atom. The number of aromatic nitrogens is 2. The second kappa shape index (κ2) is 6.29. The predicted octanol–water partition coefficient (Wildman–Crippen LogP) is 2.53. The molecule has 0 aliphatic carbocycles. The summed E-state index contributed by atoms with van der Waals surface area (Å²) >= 11 is 0. The standard InChI is InChI=1S/C14H17FN4O/c1-3-4-10-8-13(19-16)18-14(17-10)9-5-6-12(20-2)11(15)7-9/h5-8H,3-4,16H2,1-2H3,(H,17,18,19). The Hall–Kier alpha value is -2.21. The second-order valence-electron chi connectivity index (χ2n) is 4.31. The first kappa shape index (κ1) is 14.2. The van der Waals surface area contributed by atoms with E-state index in [0.29, 0.717) is 17.2 Å². The first-order chi connectivity index (χ1) is 9.67. The van der Waals surface area contributed by atoms with Crippen molar-refractivity contribution in [2.45, 2.75) is 19.8 Å². The van der Waals surface area contributed by atoms with Gasteiger partial charge in [0.25, 0.3) is 0 Å². The minimum absolute atomic E-state index is 0.190. The molecule has 1 heterocycles. The van der Waals surface area contributed by atoms with Gasteiger partial charge in [-0.2, -0.15) is 0 Å². The van der Waals surface area contributed by atoms with Crippen LogP contribution < -0.4 is 16.0 Å². The van der Waals surface area contributed by atoms with Crippen LogP contribution in [-0.4, -0.2) is 17.1 Å².